The van der Waals surface area contributed by atoms with Crippen molar-refractivity contribution in [3.8, 4) is 11.4 Å². The standard InChI is InChI=1S/C20H16F5N7O/c21-10-3-4-13(22)11(8-10)14-2-1-6-31(14)15-5-7-32-19(27-15)12(9-26-32)17-28-18(30-29-17)16(33)20(23,24)25/h3-5,7-9,14,16,33H,1-2,6H2,(H,28,29,30)/t14-,16?/m1/s1. The molecule has 13 heteroatoms. The van der Waals surface area contributed by atoms with Gasteiger partial charge in [-0.15, -0.1) is 0 Å². The predicted molar refractivity (Wildman–Crippen MR) is 105 cm³/mol. The highest BCUT2D eigenvalue weighted by molar-refractivity contribution is 5.73. The minimum absolute atomic E-state index is 0.123. The number of hydrogen-bond acceptors (Lipinski definition) is 6. The van der Waals surface area contributed by atoms with Gasteiger partial charge in [-0.25, -0.2) is 23.3 Å². The van der Waals surface area contributed by atoms with Crippen LogP contribution < -0.4 is 4.90 Å². The maximum absolute atomic E-state index is 14.4. The van der Waals surface area contributed by atoms with Crippen molar-refractivity contribution in [2.24, 2.45) is 0 Å². The van der Waals surface area contributed by atoms with E-state index in [0.29, 0.717) is 18.8 Å². The summed E-state index contributed by atoms with van der Waals surface area (Å²) in [5.74, 6) is -1.48. The molecule has 0 spiro atoms. The van der Waals surface area contributed by atoms with E-state index in [1.165, 1.54) is 16.8 Å². The van der Waals surface area contributed by atoms with Crippen molar-refractivity contribution in [1.82, 2.24) is 29.8 Å². The maximum Gasteiger partial charge on any atom is 0.421 e. The van der Waals surface area contributed by atoms with Crippen LogP contribution in [-0.4, -0.2) is 47.6 Å². The van der Waals surface area contributed by atoms with Gasteiger partial charge in [0.25, 0.3) is 0 Å². The number of aromatic nitrogens is 6. The number of benzene rings is 1. The molecule has 2 N–H and O–H groups in total. The first kappa shape index (κ1) is 21.2. The number of aliphatic hydroxyl groups is 1. The zero-order valence-electron chi connectivity index (χ0n) is 16.8. The molecular weight excluding hydrogens is 449 g/mol. The Morgan fingerprint density at radius 1 is 1.15 bits per heavy atom. The highest BCUT2D eigenvalue weighted by atomic mass is 19.4. The Morgan fingerprint density at radius 2 is 1.97 bits per heavy atom. The van der Waals surface area contributed by atoms with Crippen molar-refractivity contribution in [3.05, 3.63) is 59.7 Å². The van der Waals surface area contributed by atoms with Gasteiger partial charge in [-0.1, -0.05) is 0 Å². The van der Waals surface area contributed by atoms with Crippen LogP contribution in [0.15, 0.2) is 36.7 Å². The van der Waals surface area contributed by atoms with Gasteiger partial charge in [-0.2, -0.15) is 23.4 Å². The first-order valence-electron chi connectivity index (χ1n) is 9.96. The molecule has 0 radical (unpaired) electrons. The Kier molecular flexibility index (Phi) is 5.00. The molecule has 1 fully saturated rings. The van der Waals surface area contributed by atoms with Crippen LogP contribution in [0.5, 0.6) is 0 Å². The monoisotopic (exact) mass is 465 g/mol. The van der Waals surface area contributed by atoms with Crippen LogP contribution in [0.3, 0.4) is 0 Å². The summed E-state index contributed by atoms with van der Waals surface area (Å²) < 4.78 is 67.9. The lowest BCUT2D eigenvalue weighted by Gasteiger charge is -2.26. The Morgan fingerprint density at radius 3 is 2.76 bits per heavy atom. The van der Waals surface area contributed by atoms with Crippen molar-refractivity contribution < 1.29 is 27.1 Å². The van der Waals surface area contributed by atoms with Crippen LogP contribution >= 0.6 is 0 Å². The molecule has 2 atom stereocenters. The summed E-state index contributed by atoms with van der Waals surface area (Å²) in [7, 11) is 0. The lowest BCUT2D eigenvalue weighted by Crippen LogP contribution is -2.24. The predicted octanol–water partition coefficient (Wildman–Crippen LogP) is 3.73. The molecule has 5 rings (SSSR count). The number of alkyl halides is 3. The van der Waals surface area contributed by atoms with Gasteiger partial charge < -0.3 is 10.0 Å². The van der Waals surface area contributed by atoms with Gasteiger partial charge in [-0.05, 0) is 37.1 Å². The van der Waals surface area contributed by atoms with Gasteiger partial charge in [0, 0.05) is 18.3 Å². The van der Waals surface area contributed by atoms with E-state index in [1.54, 1.807) is 12.3 Å². The smallest absolute Gasteiger partial charge is 0.377 e. The van der Waals surface area contributed by atoms with E-state index in [4.69, 9.17) is 0 Å². The third-order valence-electron chi connectivity index (χ3n) is 5.53. The quantitative estimate of drug-likeness (QED) is 0.446. The fourth-order valence-electron chi connectivity index (χ4n) is 3.98. The maximum atomic E-state index is 14.4. The molecule has 172 valence electrons. The molecule has 4 aromatic rings. The van der Waals surface area contributed by atoms with Crippen LogP contribution in [0.1, 0.15) is 36.4 Å². The molecule has 3 aromatic heterocycles. The van der Waals surface area contributed by atoms with Gasteiger partial charge in [0.05, 0.1) is 17.8 Å². The van der Waals surface area contributed by atoms with Crippen molar-refractivity contribution in [3.63, 3.8) is 0 Å². The van der Waals surface area contributed by atoms with Gasteiger partial charge in [-0.3, -0.25) is 5.10 Å². The summed E-state index contributed by atoms with van der Waals surface area (Å²) in [5.41, 5.74) is 0.717. The number of aliphatic hydroxyl groups excluding tert-OH is 1. The number of H-pyrrole nitrogens is 1. The van der Waals surface area contributed by atoms with E-state index in [1.807, 2.05) is 4.90 Å². The van der Waals surface area contributed by atoms with E-state index < -0.39 is 35.8 Å². The molecule has 1 aliphatic rings. The number of halogens is 5. The Balaban J connectivity index is 1.51. The van der Waals surface area contributed by atoms with E-state index >= 15 is 0 Å². The average molecular weight is 465 g/mol. The van der Waals surface area contributed by atoms with Crippen LogP contribution in [0.2, 0.25) is 0 Å². The third kappa shape index (κ3) is 3.77. The minimum Gasteiger partial charge on any atom is -0.377 e. The SMILES string of the molecule is OC(c1nc(-c2cnn3ccc(N4CCC[C@@H]4c4cc(F)ccc4F)nc23)n[nH]1)C(F)(F)F. The lowest BCUT2D eigenvalue weighted by atomic mass is 10.0. The molecule has 33 heavy (non-hydrogen) atoms. The molecular formula is C20H16F5N7O. The van der Waals surface area contributed by atoms with Gasteiger partial charge >= 0.3 is 6.18 Å². The van der Waals surface area contributed by atoms with Crippen molar-refractivity contribution >= 4 is 11.5 Å². The molecule has 1 aromatic carbocycles. The highest BCUT2D eigenvalue weighted by Crippen LogP contribution is 2.37. The van der Waals surface area contributed by atoms with E-state index in [2.05, 4.69) is 25.3 Å². The van der Waals surface area contributed by atoms with Gasteiger partial charge in [0.2, 0.25) is 6.10 Å². The first-order valence-corrected chi connectivity index (χ1v) is 9.96. The lowest BCUT2D eigenvalue weighted by molar-refractivity contribution is -0.209. The molecule has 0 aliphatic carbocycles. The van der Waals surface area contributed by atoms with Crippen LogP contribution in [-0.2, 0) is 0 Å². The van der Waals surface area contributed by atoms with Crippen LogP contribution in [0, 0.1) is 11.6 Å². The average Bonchev–Trinajstić information content (AvgIpc) is 3.52. The number of anilines is 1. The highest BCUT2D eigenvalue weighted by Gasteiger charge is 2.42. The number of rotatable bonds is 4. The second-order valence-corrected chi connectivity index (χ2v) is 7.62. The Hall–Kier alpha value is -3.61. The summed E-state index contributed by atoms with van der Waals surface area (Å²) >= 11 is 0. The van der Waals surface area contributed by atoms with Crippen LogP contribution in [0.4, 0.5) is 27.8 Å². The molecule has 0 amide bonds. The molecule has 1 aliphatic heterocycles. The molecule has 4 heterocycles. The van der Waals surface area contributed by atoms with E-state index in [9.17, 15) is 27.1 Å². The van der Waals surface area contributed by atoms with E-state index in [0.717, 1.165) is 18.6 Å². The largest absolute Gasteiger partial charge is 0.421 e. The van der Waals surface area contributed by atoms with Gasteiger partial charge in [0.1, 0.15) is 17.5 Å². The second kappa shape index (κ2) is 7.76. The van der Waals surface area contributed by atoms with Crippen molar-refractivity contribution in [1.29, 1.82) is 0 Å². The second-order valence-electron chi connectivity index (χ2n) is 7.62. The number of fused-ring (bicyclic) bond motifs is 1. The summed E-state index contributed by atoms with van der Waals surface area (Å²) in [4.78, 5) is 10.1. The summed E-state index contributed by atoms with van der Waals surface area (Å²) in [6, 6.07) is 4.54. The fourth-order valence-corrected chi connectivity index (χ4v) is 3.98. The summed E-state index contributed by atoms with van der Waals surface area (Å²) in [5, 5.41) is 19.4. The third-order valence-corrected chi connectivity index (χ3v) is 5.53. The van der Waals surface area contributed by atoms with E-state index in [-0.39, 0.29) is 22.6 Å². The van der Waals surface area contributed by atoms with Crippen molar-refractivity contribution in [2.75, 3.05) is 11.4 Å². The number of hydrogen-bond donors (Lipinski definition) is 2. The molecule has 1 unspecified atom stereocenters. The normalized spacial score (nSPS) is 17.8. The minimum atomic E-state index is -4.90. The zero-order valence-corrected chi connectivity index (χ0v) is 16.8. The summed E-state index contributed by atoms with van der Waals surface area (Å²) in [6.45, 7) is 0.551. The molecule has 0 saturated carbocycles. The van der Waals surface area contributed by atoms with Gasteiger partial charge in [0.15, 0.2) is 17.3 Å². The molecule has 0 bridgehead atoms. The van der Waals surface area contributed by atoms with Crippen molar-refractivity contribution in [2.45, 2.75) is 31.2 Å². The number of nitrogens with one attached hydrogen (secondary N) is 1. The number of nitrogens with zero attached hydrogens (tertiary/aromatic N) is 6. The molecule has 1 saturated heterocycles. The topological polar surface area (TPSA) is 95.2 Å². The number of aromatic amines is 1. The Bertz CT molecular complexity index is 1320. The first-order chi connectivity index (χ1) is 15.7. The fraction of sp³-hybridized carbons (Fsp3) is 0.300. The van der Waals surface area contributed by atoms with Crippen LogP contribution in [0.25, 0.3) is 17.0 Å². The summed E-state index contributed by atoms with van der Waals surface area (Å²) in [6.07, 6.45) is -3.45. The molecule has 8 nitrogen and oxygen atoms in total. The zero-order chi connectivity index (χ0) is 23.3. The Labute approximate surface area is 182 Å².